The summed E-state index contributed by atoms with van der Waals surface area (Å²) in [6.45, 7) is 12.4. The molecule has 0 unspecified atom stereocenters. The van der Waals surface area contributed by atoms with Crippen LogP contribution in [0.4, 0.5) is 0 Å². The summed E-state index contributed by atoms with van der Waals surface area (Å²) in [4.78, 5) is 0. The highest BCUT2D eigenvalue weighted by Gasteiger charge is 2.19. The first-order valence-corrected chi connectivity index (χ1v) is 20.0. The molecule has 0 aromatic rings. The molecule has 0 atom stereocenters. The summed E-state index contributed by atoms with van der Waals surface area (Å²) in [5.41, 5.74) is 0. The molecule has 4 heteroatoms. The zero-order valence-electron chi connectivity index (χ0n) is 30.4. The van der Waals surface area contributed by atoms with Gasteiger partial charge in [0.25, 0.3) is 0 Å². The number of likely N-dealkylation sites (N-methyl/N-ethyl adjacent to an activating group) is 1. The van der Waals surface area contributed by atoms with Crippen molar-refractivity contribution in [2.45, 2.75) is 194 Å². The van der Waals surface area contributed by atoms with Crippen molar-refractivity contribution in [3.8, 4) is 0 Å². The smallest absolute Gasteiger partial charge is 0.102 e. The highest BCUT2D eigenvalue weighted by atomic mass is 16.3. The van der Waals surface area contributed by atoms with Crippen molar-refractivity contribution in [3.05, 3.63) is 0 Å². The molecule has 0 aromatic heterocycles. The predicted octanol–water partition coefficient (Wildman–Crippen LogP) is 10.6. The van der Waals surface area contributed by atoms with E-state index in [-0.39, 0.29) is 6.61 Å². The van der Waals surface area contributed by atoms with Crippen LogP contribution in [-0.4, -0.2) is 69.1 Å². The highest BCUT2D eigenvalue weighted by molar-refractivity contribution is 4.55. The van der Waals surface area contributed by atoms with E-state index in [2.05, 4.69) is 31.5 Å². The van der Waals surface area contributed by atoms with Crippen LogP contribution in [0.1, 0.15) is 194 Å². The minimum Gasteiger partial charge on any atom is -0.391 e. The summed E-state index contributed by atoms with van der Waals surface area (Å²) in [5.74, 6) is 0. The zero-order chi connectivity index (χ0) is 31.4. The van der Waals surface area contributed by atoms with E-state index in [0.717, 1.165) is 50.3 Å². The number of hydrogen-bond acceptors (Lipinski definition) is 3. The van der Waals surface area contributed by atoms with Gasteiger partial charge in [-0.15, -0.1) is 0 Å². The summed E-state index contributed by atoms with van der Waals surface area (Å²) in [5, 5.41) is 17.0. The number of nitrogens with zero attached hydrogens (tertiary/aromatic N) is 1. The Labute approximate surface area is 272 Å². The molecule has 0 saturated carbocycles. The molecule has 0 amide bonds. The van der Waals surface area contributed by atoms with E-state index in [9.17, 15) is 5.11 Å². The second-order valence-corrected chi connectivity index (χ2v) is 14.2. The number of aliphatic hydroxyl groups excluding tert-OH is 1. The van der Waals surface area contributed by atoms with E-state index >= 15 is 0 Å². The molecule has 4 nitrogen and oxygen atoms in total. The third-order valence-electron chi connectivity index (χ3n) is 9.71. The van der Waals surface area contributed by atoms with Gasteiger partial charge in [0.15, 0.2) is 0 Å². The fourth-order valence-electron chi connectivity index (χ4n) is 6.41. The van der Waals surface area contributed by atoms with Gasteiger partial charge in [0.1, 0.15) is 6.54 Å². The Hall–Kier alpha value is -0.160. The Morgan fingerprint density at radius 3 is 0.860 bits per heavy atom. The lowest BCUT2D eigenvalue weighted by molar-refractivity contribution is -0.907. The first-order chi connectivity index (χ1) is 21.2. The van der Waals surface area contributed by atoms with Crippen molar-refractivity contribution >= 4 is 0 Å². The number of hydrogen-bond donors (Lipinski definition) is 3. The normalized spacial score (nSPS) is 12.0. The molecule has 0 bridgehead atoms. The Balaban J connectivity index is 3.47. The molecule has 0 aliphatic carbocycles. The molecule has 0 spiro atoms. The maximum atomic E-state index is 9.63. The van der Waals surface area contributed by atoms with Crippen molar-refractivity contribution in [2.75, 3.05) is 59.5 Å². The second kappa shape index (κ2) is 36.3. The molecule has 0 radical (unpaired) electrons. The van der Waals surface area contributed by atoms with Gasteiger partial charge in [0.05, 0.1) is 26.7 Å². The van der Waals surface area contributed by atoms with E-state index in [1.807, 2.05) is 0 Å². The fourth-order valence-corrected chi connectivity index (χ4v) is 6.41. The average Bonchev–Trinajstić information content (AvgIpc) is 3.00. The number of aliphatic hydroxyl groups is 1. The molecule has 0 aromatic carbocycles. The molecule has 3 N–H and O–H groups in total. The number of nitrogens with one attached hydrogen (secondary N) is 2. The van der Waals surface area contributed by atoms with Crippen LogP contribution in [0.2, 0.25) is 0 Å². The topological polar surface area (TPSA) is 44.3 Å². The van der Waals surface area contributed by atoms with Gasteiger partial charge in [-0.3, -0.25) is 0 Å². The molecule has 260 valence electrons. The Bertz CT molecular complexity index is 463. The molecule has 0 heterocycles. The summed E-state index contributed by atoms with van der Waals surface area (Å²) in [6.07, 6.45) is 39.8. The zero-order valence-corrected chi connectivity index (χ0v) is 30.4. The maximum Gasteiger partial charge on any atom is 0.102 e. The van der Waals surface area contributed by atoms with Crippen molar-refractivity contribution in [1.29, 1.82) is 0 Å². The van der Waals surface area contributed by atoms with Crippen molar-refractivity contribution in [1.82, 2.24) is 10.6 Å². The van der Waals surface area contributed by atoms with E-state index in [1.54, 1.807) is 0 Å². The minimum absolute atomic E-state index is 0.286. The summed E-state index contributed by atoms with van der Waals surface area (Å²) in [6, 6.07) is 0. The number of unbranched alkanes of at least 4 members (excludes halogenated alkanes) is 26. The summed E-state index contributed by atoms with van der Waals surface area (Å²) in [7, 11) is 2.32. The lowest BCUT2D eigenvalue weighted by atomic mass is 10.0. The fraction of sp³-hybridized carbons (Fsp3) is 1.00. The van der Waals surface area contributed by atoms with Crippen LogP contribution in [0.3, 0.4) is 0 Å². The third kappa shape index (κ3) is 34.6. The SMILES string of the molecule is CCCCCCCCCCCCCCCCNCC[N+](C)(CCO)CCNCCCCCCCCCCCCCCCC. The summed E-state index contributed by atoms with van der Waals surface area (Å²) < 4.78 is 0.966. The molecule has 0 rings (SSSR count). The molecule has 0 aliphatic rings. The molecular weight excluding hydrogens is 526 g/mol. The van der Waals surface area contributed by atoms with Gasteiger partial charge in [-0.1, -0.05) is 181 Å². The van der Waals surface area contributed by atoms with E-state index < -0.39 is 0 Å². The predicted molar refractivity (Wildman–Crippen MR) is 194 cm³/mol. The van der Waals surface area contributed by atoms with Gasteiger partial charge in [-0.05, 0) is 25.9 Å². The van der Waals surface area contributed by atoms with Crippen molar-refractivity contribution in [2.24, 2.45) is 0 Å². The third-order valence-corrected chi connectivity index (χ3v) is 9.71. The van der Waals surface area contributed by atoms with Crippen LogP contribution >= 0.6 is 0 Å². The molecule has 43 heavy (non-hydrogen) atoms. The van der Waals surface area contributed by atoms with Gasteiger partial charge in [-0.2, -0.15) is 0 Å². The number of rotatable bonds is 38. The van der Waals surface area contributed by atoms with Crippen LogP contribution in [0, 0.1) is 0 Å². The van der Waals surface area contributed by atoms with Crippen LogP contribution in [0.15, 0.2) is 0 Å². The first kappa shape index (κ1) is 42.8. The monoisotopic (exact) mass is 611 g/mol. The Morgan fingerprint density at radius 2 is 0.605 bits per heavy atom. The first-order valence-electron chi connectivity index (χ1n) is 20.0. The minimum atomic E-state index is 0.286. The Kier molecular flexibility index (Phi) is 36.2. The van der Waals surface area contributed by atoms with E-state index in [0.29, 0.717) is 0 Å². The largest absolute Gasteiger partial charge is 0.391 e. The molecule has 0 saturated heterocycles. The molecule has 0 fully saturated rings. The lowest BCUT2D eigenvalue weighted by Crippen LogP contribution is -2.52. The van der Waals surface area contributed by atoms with E-state index in [1.165, 1.54) is 180 Å². The second-order valence-electron chi connectivity index (χ2n) is 14.2. The van der Waals surface area contributed by atoms with Gasteiger partial charge >= 0.3 is 0 Å². The molecule has 0 aliphatic heterocycles. The lowest BCUT2D eigenvalue weighted by Gasteiger charge is -2.34. The van der Waals surface area contributed by atoms with Crippen LogP contribution in [0.5, 0.6) is 0 Å². The quantitative estimate of drug-likeness (QED) is 0.0481. The van der Waals surface area contributed by atoms with Gasteiger partial charge in [0, 0.05) is 13.1 Å². The van der Waals surface area contributed by atoms with Crippen molar-refractivity contribution in [3.63, 3.8) is 0 Å². The van der Waals surface area contributed by atoms with Gasteiger partial charge < -0.3 is 20.2 Å². The van der Waals surface area contributed by atoms with Crippen LogP contribution in [0.25, 0.3) is 0 Å². The van der Waals surface area contributed by atoms with Gasteiger partial charge in [-0.25, -0.2) is 0 Å². The van der Waals surface area contributed by atoms with Crippen LogP contribution in [-0.2, 0) is 0 Å². The average molecular weight is 611 g/mol. The highest BCUT2D eigenvalue weighted by Crippen LogP contribution is 2.14. The molecular formula is C39H84N3O+. The summed E-state index contributed by atoms with van der Waals surface area (Å²) >= 11 is 0. The number of quaternary nitrogens is 1. The Morgan fingerprint density at radius 1 is 0.349 bits per heavy atom. The van der Waals surface area contributed by atoms with Crippen molar-refractivity contribution < 1.29 is 9.59 Å². The maximum absolute atomic E-state index is 9.63. The van der Waals surface area contributed by atoms with Crippen LogP contribution < -0.4 is 10.6 Å². The van der Waals surface area contributed by atoms with Gasteiger partial charge in [0.2, 0.25) is 0 Å². The van der Waals surface area contributed by atoms with E-state index in [4.69, 9.17) is 0 Å². The standard InChI is InChI=1S/C39H84N3O/c1-4-6-8-10-12-14-16-18-20-22-24-26-28-30-32-40-34-36-42(3,38-39-43)37-35-41-33-31-29-27-25-23-21-19-17-15-13-11-9-7-5-2/h40-41,43H,4-39H2,1-3H3/q+1.